The number of fused-ring (bicyclic) bond motifs is 1. The van der Waals surface area contributed by atoms with Gasteiger partial charge in [0.2, 0.25) is 5.60 Å². The zero-order valence-corrected chi connectivity index (χ0v) is 23.5. The summed E-state index contributed by atoms with van der Waals surface area (Å²) in [4.78, 5) is 12.0. The minimum atomic E-state index is -4.81. The summed E-state index contributed by atoms with van der Waals surface area (Å²) in [5, 5.41) is 15.8. The van der Waals surface area contributed by atoms with Crippen LogP contribution in [0.4, 0.5) is 29.3 Å². The molecule has 0 bridgehead atoms. The second-order valence-corrected chi connectivity index (χ2v) is 12.2. The van der Waals surface area contributed by atoms with Gasteiger partial charge in [-0.1, -0.05) is 25.1 Å². The Morgan fingerprint density at radius 3 is 2.51 bits per heavy atom. The summed E-state index contributed by atoms with van der Waals surface area (Å²) in [6, 6.07) is 3.74. The van der Waals surface area contributed by atoms with Crippen molar-refractivity contribution < 1.29 is 41.0 Å². The number of rotatable bonds is 8. The van der Waals surface area contributed by atoms with Gasteiger partial charge in [0.05, 0.1) is 18.0 Å². The number of aliphatic hydroxyl groups excluding tert-OH is 1. The Bertz CT molecular complexity index is 1360. The van der Waals surface area contributed by atoms with Gasteiger partial charge in [-0.2, -0.15) is 18.3 Å². The number of aliphatic hydroxyl groups is 1. The summed E-state index contributed by atoms with van der Waals surface area (Å²) in [7, 11) is -4.34. The van der Waals surface area contributed by atoms with Crippen LogP contribution in [0.15, 0.2) is 41.6 Å². The Labute approximate surface area is 229 Å². The Kier molecular flexibility index (Phi) is 8.42. The normalized spacial score (nSPS) is 16.9. The topological polar surface area (TPSA) is 123 Å². The number of halogens is 4. The number of ether oxygens (including phenoxy) is 2. The van der Waals surface area contributed by atoms with E-state index in [1.807, 2.05) is 0 Å². The fourth-order valence-corrected chi connectivity index (χ4v) is 5.54. The van der Waals surface area contributed by atoms with E-state index < -0.39 is 39.9 Å². The molecule has 0 radical (unpaired) electrons. The zero-order valence-electron chi connectivity index (χ0n) is 21.9. The maximum Gasteiger partial charge on any atom is 0.427 e. The zero-order chi connectivity index (χ0) is 29.5. The first-order valence-corrected chi connectivity index (χ1v) is 13.7. The van der Waals surface area contributed by atoms with E-state index >= 15 is 0 Å². The predicted octanol–water partition coefficient (Wildman–Crippen LogP) is 6.06. The van der Waals surface area contributed by atoms with Gasteiger partial charge >= 0.3 is 12.3 Å². The molecule has 0 spiro atoms. The van der Waals surface area contributed by atoms with Gasteiger partial charge in [-0.15, -0.1) is 0 Å². The van der Waals surface area contributed by atoms with Gasteiger partial charge in [0, 0.05) is 23.8 Å². The lowest BCUT2D eigenvalue weighted by atomic mass is 10.0. The maximum atomic E-state index is 13.8. The molecule has 10 nitrogen and oxygen atoms in total. The van der Waals surface area contributed by atoms with Crippen LogP contribution in [0.25, 0.3) is 0 Å². The molecule has 2 aromatic rings. The highest BCUT2D eigenvalue weighted by Gasteiger charge is 2.51. The van der Waals surface area contributed by atoms with Gasteiger partial charge < -0.3 is 14.6 Å². The second-order valence-electron chi connectivity index (χ2n) is 9.97. The number of alkyl halides is 3. The van der Waals surface area contributed by atoms with Crippen molar-refractivity contribution in [3.8, 4) is 5.75 Å². The number of carbonyl (C=O) groups is 1. The van der Waals surface area contributed by atoms with Crippen molar-refractivity contribution >= 4 is 39.1 Å². The molecule has 0 unspecified atom stereocenters. The van der Waals surface area contributed by atoms with E-state index in [1.54, 1.807) is 20.8 Å². The molecule has 1 aliphatic rings. The van der Waals surface area contributed by atoms with Gasteiger partial charge in [0.15, 0.2) is 5.15 Å². The monoisotopic (exact) mass is 594 g/mol. The van der Waals surface area contributed by atoms with Gasteiger partial charge in [0.25, 0.3) is 10.0 Å². The molecule has 0 fully saturated rings. The molecule has 0 saturated heterocycles. The average Bonchev–Trinajstić information content (AvgIpc) is 3.20. The third-order valence-corrected chi connectivity index (χ3v) is 8.28. The van der Waals surface area contributed by atoms with Crippen LogP contribution in [0.1, 0.15) is 47.1 Å². The number of allylic oxidation sites excluding steroid dienone is 1. The first-order chi connectivity index (χ1) is 17.8. The molecule has 2 N–H and O–H groups in total. The summed E-state index contributed by atoms with van der Waals surface area (Å²) in [5.74, 6) is -0.395. The van der Waals surface area contributed by atoms with Crippen molar-refractivity contribution in [3.63, 3.8) is 0 Å². The highest BCUT2D eigenvalue weighted by Crippen LogP contribution is 2.41. The van der Waals surface area contributed by atoms with Crippen LogP contribution in [0.3, 0.4) is 0 Å². The van der Waals surface area contributed by atoms with E-state index in [0.717, 1.165) is 4.31 Å². The lowest BCUT2D eigenvalue weighted by molar-refractivity contribution is -0.242. The summed E-state index contributed by atoms with van der Waals surface area (Å²) >= 11 is 6.20. The SMILES string of the molecule is C=C(O)[C@H](C)C[C@H]1CN(S(=O)(=O)c2cn(C(C)C)nc2Cl)c2cc(NC(=O)OC(C)(C)C(F)(F)F)ccc2O1. The van der Waals surface area contributed by atoms with Gasteiger partial charge in [-0.25, -0.2) is 13.2 Å². The van der Waals surface area contributed by atoms with Crippen LogP contribution in [0.2, 0.25) is 5.15 Å². The molecular weight excluding hydrogens is 565 g/mol. The van der Waals surface area contributed by atoms with Crippen molar-refractivity contribution in [2.24, 2.45) is 5.92 Å². The van der Waals surface area contributed by atoms with E-state index in [2.05, 4.69) is 21.7 Å². The fourth-order valence-electron chi connectivity index (χ4n) is 3.61. The molecule has 0 aliphatic carbocycles. The van der Waals surface area contributed by atoms with Crippen molar-refractivity contribution in [3.05, 3.63) is 41.9 Å². The van der Waals surface area contributed by atoms with Crippen LogP contribution in [-0.2, 0) is 14.8 Å². The Morgan fingerprint density at radius 2 is 1.97 bits per heavy atom. The van der Waals surface area contributed by atoms with E-state index in [0.29, 0.717) is 13.8 Å². The number of hydrogen-bond donors (Lipinski definition) is 2. The number of nitrogens with zero attached hydrogens (tertiary/aromatic N) is 3. The quantitative estimate of drug-likeness (QED) is 0.356. The summed E-state index contributed by atoms with van der Waals surface area (Å²) in [6.07, 6.45) is -5.40. The van der Waals surface area contributed by atoms with Crippen molar-refractivity contribution in [2.75, 3.05) is 16.2 Å². The number of sulfonamides is 1. The van der Waals surface area contributed by atoms with E-state index in [9.17, 15) is 31.5 Å². The maximum absolute atomic E-state index is 13.8. The Balaban J connectivity index is 2.01. The van der Waals surface area contributed by atoms with Crippen LogP contribution < -0.4 is 14.4 Å². The largest absolute Gasteiger partial charge is 0.513 e. The number of hydrogen-bond acceptors (Lipinski definition) is 7. The standard InChI is InChI=1S/C24H30ClF3N4O6S/c1-13(2)31-12-20(21(25)30-31)39(35,36)32-11-17(9-14(3)15(4)33)37-19-8-7-16(10-18(19)32)29-22(34)38-23(5,6)24(26,27)28/h7-8,10,12-14,17,33H,4,9,11H2,1-3,5-6H3,(H,29,34)/t14-,17+/m1/s1. The van der Waals surface area contributed by atoms with E-state index in [4.69, 9.17) is 16.3 Å². The molecule has 1 aliphatic heterocycles. The predicted molar refractivity (Wildman–Crippen MR) is 139 cm³/mol. The summed E-state index contributed by atoms with van der Waals surface area (Å²) in [5.41, 5.74) is -2.81. The van der Waals surface area contributed by atoms with Crippen molar-refractivity contribution in [1.82, 2.24) is 9.78 Å². The number of carbonyl (C=O) groups excluding carboxylic acids is 1. The molecule has 1 aromatic heterocycles. The molecule has 216 valence electrons. The summed E-state index contributed by atoms with van der Waals surface area (Å²) < 4.78 is 80.0. The smallest absolute Gasteiger partial charge is 0.427 e. The molecule has 3 rings (SSSR count). The van der Waals surface area contributed by atoms with Crippen LogP contribution in [0.5, 0.6) is 5.75 Å². The molecule has 1 aromatic carbocycles. The molecular formula is C24H30ClF3N4O6S. The lowest BCUT2D eigenvalue weighted by Gasteiger charge is -2.36. The first kappa shape index (κ1) is 30.4. The molecule has 39 heavy (non-hydrogen) atoms. The number of nitrogens with one attached hydrogen (secondary N) is 1. The van der Waals surface area contributed by atoms with Crippen molar-refractivity contribution in [1.29, 1.82) is 0 Å². The molecule has 1 amide bonds. The molecule has 2 heterocycles. The Hall–Kier alpha value is -3.13. The van der Waals surface area contributed by atoms with Gasteiger partial charge in [0.1, 0.15) is 16.7 Å². The molecule has 2 atom stereocenters. The first-order valence-electron chi connectivity index (χ1n) is 11.9. The minimum Gasteiger partial charge on any atom is -0.513 e. The van der Waals surface area contributed by atoms with E-state index in [-0.39, 0.29) is 51.9 Å². The fraction of sp³-hybridized carbons (Fsp3) is 0.500. The highest BCUT2D eigenvalue weighted by atomic mass is 35.5. The second kappa shape index (κ2) is 10.8. The minimum absolute atomic E-state index is 0.00275. The number of anilines is 2. The number of amides is 1. The number of benzene rings is 1. The van der Waals surface area contributed by atoms with Crippen molar-refractivity contribution in [2.45, 2.75) is 69.9 Å². The third-order valence-electron chi connectivity index (χ3n) is 6.11. The van der Waals surface area contributed by atoms with Gasteiger partial charge in [-0.05, 0) is 52.3 Å². The average molecular weight is 595 g/mol. The third kappa shape index (κ3) is 6.55. The molecule has 15 heteroatoms. The Morgan fingerprint density at radius 1 is 1.33 bits per heavy atom. The van der Waals surface area contributed by atoms with Crippen LogP contribution in [-0.4, -0.2) is 53.8 Å². The van der Waals surface area contributed by atoms with Gasteiger partial charge in [-0.3, -0.25) is 14.3 Å². The highest BCUT2D eigenvalue weighted by molar-refractivity contribution is 7.93. The van der Waals surface area contributed by atoms with E-state index in [1.165, 1.54) is 29.1 Å². The lowest BCUT2D eigenvalue weighted by Crippen LogP contribution is -2.44. The summed E-state index contributed by atoms with van der Waals surface area (Å²) in [6.45, 7) is 9.99. The molecule has 0 saturated carbocycles. The van der Waals surface area contributed by atoms with Crippen LogP contribution in [0, 0.1) is 5.92 Å². The number of aromatic nitrogens is 2. The van der Waals surface area contributed by atoms with Crippen LogP contribution >= 0.6 is 11.6 Å².